The Morgan fingerprint density at radius 1 is 1.37 bits per heavy atom. The zero-order valence-corrected chi connectivity index (χ0v) is 16.0. The lowest BCUT2D eigenvalue weighted by Crippen LogP contribution is -2.35. The topological polar surface area (TPSA) is 93.5 Å². The Bertz CT molecular complexity index is 861. The predicted octanol–water partition coefficient (Wildman–Crippen LogP) is 3.09. The Morgan fingerprint density at radius 2 is 2.07 bits per heavy atom. The van der Waals surface area contributed by atoms with Gasteiger partial charge in [-0.05, 0) is 25.8 Å². The molecule has 2 rings (SSSR count). The number of anilines is 1. The van der Waals surface area contributed by atoms with Crippen LogP contribution in [0.4, 0.5) is 10.1 Å². The highest BCUT2D eigenvalue weighted by molar-refractivity contribution is 6.04. The number of nitrogens with two attached hydrogens (primary N) is 1. The number of aliphatic hydroxyl groups excluding tert-OH is 1. The highest BCUT2D eigenvalue weighted by Crippen LogP contribution is 2.18. The van der Waals surface area contributed by atoms with Gasteiger partial charge in [-0.2, -0.15) is 5.10 Å². The van der Waals surface area contributed by atoms with Crippen LogP contribution in [0, 0.1) is 5.82 Å². The number of nitrogen functional groups attached to an aromatic ring is 1. The maximum Gasteiger partial charge on any atom is 0.290 e. The van der Waals surface area contributed by atoms with E-state index in [1.54, 1.807) is 25.1 Å². The molecule has 0 bridgehead atoms. The lowest BCUT2D eigenvalue weighted by Gasteiger charge is -2.21. The zero-order valence-electron chi connectivity index (χ0n) is 16.0. The van der Waals surface area contributed by atoms with Gasteiger partial charge in [-0.3, -0.25) is 9.79 Å². The third kappa shape index (κ3) is 4.80. The van der Waals surface area contributed by atoms with Crippen LogP contribution in [0.3, 0.4) is 0 Å². The van der Waals surface area contributed by atoms with Gasteiger partial charge in [0.05, 0.1) is 24.9 Å². The third-order valence-corrected chi connectivity index (χ3v) is 4.54. The molecule has 2 atom stereocenters. The van der Waals surface area contributed by atoms with Crippen molar-refractivity contribution in [3.63, 3.8) is 0 Å². The molecule has 1 heterocycles. The molecule has 1 aromatic heterocycles. The summed E-state index contributed by atoms with van der Waals surface area (Å²) in [5.41, 5.74) is 7.20. The summed E-state index contributed by atoms with van der Waals surface area (Å²) >= 11 is 0. The van der Waals surface area contributed by atoms with Gasteiger partial charge >= 0.3 is 0 Å². The Kier molecular flexibility index (Phi) is 7.24. The number of aliphatic hydroxyl groups is 1. The molecule has 2 unspecified atom stereocenters. The van der Waals surface area contributed by atoms with Crippen molar-refractivity contribution >= 4 is 11.4 Å². The van der Waals surface area contributed by atoms with Crippen LogP contribution in [0.25, 0.3) is 0 Å². The van der Waals surface area contributed by atoms with Crippen molar-refractivity contribution in [2.75, 3.05) is 5.73 Å². The van der Waals surface area contributed by atoms with Crippen molar-refractivity contribution in [2.45, 2.75) is 58.7 Å². The number of halogens is 1. The number of rotatable bonds is 8. The molecular formula is C20H27FN4O2. The summed E-state index contributed by atoms with van der Waals surface area (Å²) in [7, 11) is 0. The third-order valence-electron chi connectivity index (χ3n) is 4.54. The molecule has 6 nitrogen and oxygen atoms in total. The molecule has 0 saturated carbocycles. The van der Waals surface area contributed by atoms with E-state index in [0.29, 0.717) is 29.7 Å². The standard InChI is InChI=1S/C20H27FN4O2/c1-4-8-18(13(3)26)25-20(27)19(22)15(12-24-25)17(5-2)23-11-14-9-6-7-10-16(14)21/h6-7,9-10,12-13,18,26H,4-5,8,11,22H2,1-3H3. The first-order valence-corrected chi connectivity index (χ1v) is 9.23. The van der Waals surface area contributed by atoms with Crippen LogP contribution < -0.4 is 11.3 Å². The largest absolute Gasteiger partial charge is 0.394 e. The molecule has 0 spiro atoms. The average molecular weight is 374 g/mol. The van der Waals surface area contributed by atoms with Gasteiger partial charge in [0.1, 0.15) is 11.5 Å². The summed E-state index contributed by atoms with van der Waals surface area (Å²) in [4.78, 5) is 17.2. The predicted molar refractivity (Wildman–Crippen MR) is 105 cm³/mol. The minimum Gasteiger partial charge on any atom is -0.394 e. The molecule has 1 aromatic carbocycles. The second-order valence-electron chi connectivity index (χ2n) is 6.53. The lowest BCUT2D eigenvalue weighted by atomic mass is 10.1. The number of nitrogens with zero attached hydrogens (tertiary/aromatic N) is 3. The molecule has 0 saturated heterocycles. The molecule has 146 valence electrons. The van der Waals surface area contributed by atoms with E-state index in [4.69, 9.17) is 5.73 Å². The minimum absolute atomic E-state index is 0.0425. The van der Waals surface area contributed by atoms with Crippen LogP contribution in [0.5, 0.6) is 0 Å². The number of benzene rings is 1. The summed E-state index contributed by atoms with van der Waals surface area (Å²) in [6, 6.07) is 6.00. The van der Waals surface area contributed by atoms with Gasteiger partial charge < -0.3 is 10.8 Å². The summed E-state index contributed by atoms with van der Waals surface area (Å²) < 4.78 is 15.0. The van der Waals surface area contributed by atoms with Crippen molar-refractivity contribution in [2.24, 2.45) is 4.99 Å². The van der Waals surface area contributed by atoms with Crippen LogP contribution in [0.1, 0.15) is 57.2 Å². The van der Waals surface area contributed by atoms with Crippen LogP contribution in [0.2, 0.25) is 0 Å². The van der Waals surface area contributed by atoms with Gasteiger partial charge in [0.15, 0.2) is 0 Å². The molecule has 2 aromatic rings. The summed E-state index contributed by atoms with van der Waals surface area (Å²) in [5.74, 6) is -0.322. The lowest BCUT2D eigenvalue weighted by molar-refractivity contribution is 0.114. The van der Waals surface area contributed by atoms with Crippen molar-refractivity contribution in [1.29, 1.82) is 0 Å². The molecule has 7 heteroatoms. The van der Waals surface area contributed by atoms with E-state index >= 15 is 0 Å². The van der Waals surface area contributed by atoms with Crippen LogP contribution >= 0.6 is 0 Å². The fraction of sp³-hybridized carbons (Fsp3) is 0.450. The van der Waals surface area contributed by atoms with E-state index < -0.39 is 17.7 Å². The molecule has 0 aliphatic rings. The summed E-state index contributed by atoms with van der Waals surface area (Å²) in [5, 5.41) is 14.2. The Balaban J connectivity index is 2.39. The fourth-order valence-electron chi connectivity index (χ4n) is 3.00. The van der Waals surface area contributed by atoms with Crippen LogP contribution in [-0.4, -0.2) is 26.7 Å². The van der Waals surface area contributed by atoms with Gasteiger partial charge in [-0.1, -0.05) is 38.5 Å². The molecule has 0 amide bonds. The monoisotopic (exact) mass is 374 g/mol. The first-order valence-electron chi connectivity index (χ1n) is 9.23. The van der Waals surface area contributed by atoms with E-state index in [1.807, 2.05) is 13.8 Å². The van der Waals surface area contributed by atoms with E-state index in [-0.39, 0.29) is 18.0 Å². The molecular weight excluding hydrogens is 347 g/mol. The van der Waals surface area contributed by atoms with Gasteiger partial charge in [0.2, 0.25) is 0 Å². The normalized spacial score (nSPS) is 14.2. The smallest absolute Gasteiger partial charge is 0.290 e. The van der Waals surface area contributed by atoms with Crippen LogP contribution in [0.15, 0.2) is 40.2 Å². The molecule has 27 heavy (non-hydrogen) atoms. The van der Waals surface area contributed by atoms with Crippen LogP contribution in [-0.2, 0) is 6.54 Å². The molecule has 0 aliphatic heterocycles. The molecule has 0 aliphatic carbocycles. The van der Waals surface area contributed by atoms with Crippen molar-refractivity contribution in [1.82, 2.24) is 9.78 Å². The second-order valence-corrected chi connectivity index (χ2v) is 6.53. The Labute approximate surface area is 158 Å². The highest BCUT2D eigenvalue weighted by Gasteiger charge is 2.21. The highest BCUT2D eigenvalue weighted by atomic mass is 19.1. The average Bonchev–Trinajstić information content (AvgIpc) is 2.65. The second kappa shape index (κ2) is 9.41. The SMILES string of the molecule is CCCC(C(C)O)n1ncc(C(CC)=NCc2ccccc2F)c(N)c1=O. The van der Waals surface area contributed by atoms with Gasteiger partial charge in [0, 0.05) is 16.8 Å². The quantitative estimate of drug-likeness (QED) is 0.694. The number of hydrogen-bond donors (Lipinski definition) is 2. The van der Waals surface area contributed by atoms with E-state index in [0.717, 1.165) is 6.42 Å². The first kappa shape index (κ1) is 20.8. The zero-order chi connectivity index (χ0) is 20.0. The molecule has 3 N–H and O–H groups in total. The maximum atomic E-state index is 13.8. The van der Waals surface area contributed by atoms with Gasteiger partial charge in [-0.25, -0.2) is 9.07 Å². The number of aromatic nitrogens is 2. The Morgan fingerprint density at radius 3 is 2.67 bits per heavy atom. The van der Waals surface area contributed by atoms with Gasteiger partial charge in [-0.15, -0.1) is 0 Å². The first-order chi connectivity index (χ1) is 12.9. The maximum absolute atomic E-state index is 13.8. The van der Waals surface area contributed by atoms with Crippen molar-refractivity contribution in [3.05, 3.63) is 57.8 Å². The fourth-order valence-corrected chi connectivity index (χ4v) is 3.00. The van der Waals surface area contributed by atoms with Crippen molar-refractivity contribution in [3.8, 4) is 0 Å². The summed E-state index contributed by atoms with van der Waals surface area (Å²) in [6.07, 6.45) is 2.73. The minimum atomic E-state index is -0.722. The van der Waals surface area contributed by atoms with E-state index in [2.05, 4.69) is 10.1 Å². The van der Waals surface area contributed by atoms with E-state index in [9.17, 15) is 14.3 Å². The van der Waals surface area contributed by atoms with Gasteiger partial charge in [0.25, 0.3) is 5.56 Å². The number of hydrogen-bond acceptors (Lipinski definition) is 5. The number of aliphatic imine (C=N–C) groups is 1. The van der Waals surface area contributed by atoms with E-state index in [1.165, 1.54) is 16.9 Å². The molecule has 0 fully saturated rings. The van der Waals surface area contributed by atoms with Crippen molar-refractivity contribution < 1.29 is 9.50 Å². The Hall–Kier alpha value is -2.54. The molecule has 0 radical (unpaired) electrons. The summed E-state index contributed by atoms with van der Waals surface area (Å²) in [6.45, 7) is 5.65.